The Labute approximate surface area is 107 Å². The third-order valence-electron chi connectivity index (χ3n) is 3.83. The molecule has 2 N–H and O–H groups in total. The molecule has 0 radical (unpaired) electrons. The van der Waals surface area contributed by atoms with Crippen LogP contribution in [0.1, 0.15) is 31.6 Å². The van der Waals surface area contributed by atoms with E-state index in [1.807, 2.05) is 18.2 Å². The van der Waals surface area contributed by atoms with Gasteiger partial charge in [0.15, 0.2) is 5.58 Å². The maximum absolute atomic E-state index is 5.89. The van der Waals surface area contributed by atoms with E-state index in [0.29, 0.717) is 11.7 Å². The van der Waals surface area contributed by atoms with E-state index in [9.17, 15) is 0 Å². The molecule has 1 aliphatic carbocycles. The Balaban J connectivity index is 1.80. The van der Waals surface area contributed by atoms with Crippen LogP contribution in [-0.4, -0.2) is 23.0 Å². The maximum atomic E-state index is 5.89. The lowest BCUT2D eigenvalue weighted by molar-refractivity contribution is 0.217. The predicted octanol–water partition coefficient (Wildman–Crippen LogP) is 2.78. The minimum absolute atomic E-state index is 0.678. The Morgan fingerprint density at radius 3 is 2.89 bits per heavy atom. The minimum atomic E-state index is 0.678. The van der Waals surface area contributed by atoms with Crippen LogP contribution >= 0.6 is 0 Å². The second-order valence-corrected chi connectivity index (χ2v) is 5.15. The number of benzene rings is 1. The molecule has 0 aliphatic heterocycles. The van der Waals surface area contributed by atoms with Crippen LogP contribution < -0.4 is 5.73 Å². The summed E-state index contributed by atoms with van der Waals surface area (Å²) in [5, 5.41) is 0. The summed E-state index contributed by atoms with van der Waals surface area (Å²) in [6, 6.07) is 6.35. The van der Waals surface area contributed by atoms with E-state index in [-0.39, 0.29) is 0 Å². The second-order valence-electron chi connectivity index (χ2n) is 5.15. The molecule has 4 nitrogen and oxygen atoms in total. The first-order chi connectivity index (χ1) is 8.74. The van der Waals surface area contributed by atoms with Gasteiger partial charge in [-0.05, 0) is 32.0 Å². The molecule has 0 atom stereocenters. The number of hydrogen-bond donors (Lipinski definition) is 1. The van der Waals surface area contributed by atoms with Crippen LogP contribution in [0, 0.1) is 0 Å². The molecule has 1 aromatic heterocycles. The highest BCUT2D eigenvalue weighted by Crippen LogP contribution is 2.25. The highest BCUT2D eigenvalue weighted by Gasteiger charge is 2.21. The zero-order chi connectivity index (χ0) is 12.5. The number of nitrogen functional groups attached to an aromatic ring is 1. The SMILES string of the molecule is CN(Cc1nc2c(N)cccc2o1)C1CCCC1. The molecule has 0 unspecified atom stereocenters. The number of oxazole rings is 1. The van der Waals surface area contributed by atoms with Gasteiger partial charge in [0.2, 0.25) is 5.89 Å². The van der Waals surface area contributed by atoms with Crippen LogP contribution in [0.5, 0.6) is 0 Å². The van der Waals surface area contributed by atoms with Gasteiger partial charge in [0.05, 0.1) is 12.2 Å². The number of fused-ring (bicyclic) bond motifs is 1. The summed E-state index contributed by atoms with van der Waals surface area (Å²) >= 11 is 0. The molecular weight excluding hydrogens is 226 g/mol. The van der Waals surface area contributed by atoms with E-state index < -0.39 is 0 Å². The van der Waals surface area contributed by atoms with Crippen molar-refractivity contribution in [1.29, 1.82) is 0 Å². The minimum Gasteiger partial charge on any atom is -0.439 e. The Morgan fingerprint density at radius 2 is 2.17 bits per heavy atom. The number of anilines is 1. The standard InChI is InChI=1S/C14H19N3O/c1-17(10-5-2-3-6-10)9-13-16-14-11(15)7-4-8-12(14)18-13/h4,7-8,10H,2-3,5-6,9,15H2,1H3. The molecule has 1 saturated carbocycles. The van der Waals surface area contributed by atoms with E-state index in [2.05, 4.69) is 16.9 Å². The van der Waals surface area contributed by atoms with Crippen LogP contribution in [0.4, 0.5) is 5.69 Å². The average molecular weight is 245 g/mol. The molecule has 0 saturated heterocycles. The van der Waals surface area contributed by atoms with Crippen LogP contribution in [0.25, 0.3) is 11.1 Å². The summed E-state index contributed by atoms with van der Waals surface area (Å²) in [6.45, 7) is 0.763. The number of aromatic nitrogens is 1. The van der Waals surface area contributed by atoms with Crippen molar-refractivity contribution in [1.82, 2.24) is 9.88 Å². The smallest absolute Gasteiger partial charge is 0.209 e. The van der Waals surface area contributed by atoms with Crippen molar-refractivity contribution in [2.75, 3.05) is 12.8 Å². The van der Waals surface area contributed by atoms with Gasteiger partial charge in [-0.3, -0.25) is 4.90 Å². The topological polar surface area (TPSA) is 55.3 Å². The van der Waals surface area contributed by atoms with E-state index in [0.717, 1.165) is 23.5 Å². The lowest BCUT2D eigenvalue weighted by atomic mass is 10.2. The highest BCUT2D eigenvalue weighted by atomic mass is 16.3. The first kappa shape index (κ1) is 11.5. The Kier molecular flexibility index (Phi) is 2.96. The molecule has 18 heavy (non-hydrogen) atoms. The Bertz CT molecular complexity index is 543. The van der Waals surface area contributed by atoms with Crippen molar-refractivity contribution in [2.45, 2.75) is 38.3 Å². The Morgan fingerprint density at radius 1 is 1.39 bits per heavy atom. The summed E-state index contributed by atoms with van der Waals surface area (Å²) < 4.78 is 5.75. The molecule has 0 bridgehead atoms. The first-order valence-electron chi connectivity index (χ1n) is 6.58. The van der Waals surface area contributed by atoms with E-state index in [4.69, 9.17) is 10.2 Å². The molecule has 4 heteroatoms. The molecule has 0 spiro atoms. The number of rotatable bonds is 3. The molecule has 2 aromatic rings. The van der Waals surface area contributed by atoms with Crippen LogP contribution in [0.3, 0.4) is 0 Å². The van der Waals surface area contributed by atoms with E-state index in [1.54, 1.807) is 0 Å². The monoisotopic (exact) mass is 245 g/mol. The van der Waals surface area contributed by atoms with Gasteiger partial charge in [-0.2, -0.15) is 0 Å². The van der Waals surface area contributed by atoms with Gasteiger partial charge in [0.1, 0.15) is 5.52 Å². The molecule has 0 amide bonds. The Hall–Kier alpha value is -1.55. The molecule has 96 valence electrons. The third kappa shape index (κ3) is 2.08. The third-order valence-corrected chi connectivity index (χ3v) is 3.83. The molecule has 1 heterocycles. The highest BCUT2D eigenvalue weighted by molar-refractivity contribution is 5.85. The summed E-state index contributed by atoms with van der Waals surface area (Å²) in [4.78, 5) is 6.83. The quantitative estimate of drug-likeness (QED) is 0.845. The fourth-order valence-electron chi connectivity index (χ4n) is 2.77. The van der Waals surface area contributed by atoms with E-state index >= 15 is 0 Å². The van der Waals surface area contributed by atoms with Crippen molar-refractivity contribution < 1.29 is 4.42 Å². The van der Waals surface area contributed by atoms with Gasteiger partial charge in [0, 0.05) is 6.04 Å². The van der Waals surface area contributed by atoms with Gasteiger partial charge in [-0.15, -0.1) is 0 Å². The normalized spacial score (nSPS) is 17.0. The summed E-state index contributed by atoms with van der Waals surface area (Å²) in [5.74, 6) is 0.761. The average Bonchev–Trinajstić information content (AvgIpc) is 2.97. The first-order valence-corrected chi connectivity index (χ1v) is 6.58. The maximum Gasteiger partial charge on any atom is 0.209 e. The van der Waals surface area contributed by atoms with Crippen molar-refractivity contribution in [3.63, 3.8) is 0 Å². The van der Waals surface area contributed by atoms with Crippen molar-refractivity contribution >= 4 is 16.8 Å². The molecule has 1 aromatic carbocycles. The van der Waals surface area contributed by atoms with Crippen molar-refractivity contribution in [3.8, 4) is 0 Å². The van der Waals surface area contributed by atoms with E-state index in [1.165, 1.54) is 25.7 Å². The number of hydrogen-bond acceptors (Lipinski definition) is 4. The molecule has 1 fully saturated rings. The van der Waals surface area contributed by atoms with Crippen LogP contribution in [0.2, 0.25) is 0 Å². The fourth-order valence-corrected chi connectivity index (χ4v) is 2.77. The second kappa shape index (κ2) is 4.61. The van der Waals surface area contributed by atoms with Crippen LogP contribution in [-0.2, 0) is 6.54 Å². The van der Waals surface area contributed by atoms with Gasteiger partial charge >= 0.3 is 0 Å². The van der Waals surface area contributed by atoms with Crippen LogP contribution in [0.15, 0.2) is 22.6 Å². The van der Waals surface area contributed by atoms with Gasteiger partial charge in [-0.25, -0.2) is 4.98 Å². The van der Waals surface area contributed by atoms with Gasteiger partial charge in [-0.1, -0.05) is 18.9 Å². The zero-order valence-corrected chi connectivity index (χ0v) is 10.7. The largest absolute Gasteiger partial charge is 0.439 e. The number of nitrogens with two attached hydrogens (primary N) is 1. The van der Waals surface area contributed by atoms with Gasteiger partial charge in [0.25, 0.3) is 0 Å². The van der Waals surface area contributed by atoms with Gasteiger partial charge < -0.3 is 10.2 Å². The predicted molar refractivity (Wildman–Crippen MR) is 72.1 cm³/mol. The number of nitrogens with zero attached hydrogens (tertiary/aromatic N) is 2. The molecular formula is C14H19N3O. The molecule has 1 aliphatic rings. The van der Waals surface area contributed by atoms with Crippen molar-refractivity contribution in [3.05, 3.63) is 24.1 Å². The zero-order valence-electron chi connectivity index (χ0n) is 10.7. The summed E-state index contributed by atoms with van der Waals surface area (Å²) in [5.41, 5.74) is 8.14. The number of para-hydroxylation sites is 1. The summed E-state index contributed by atoms with van der Waals surface area (Å²) in [6.07, 6.45) is 5.27. The lowest BCUT2D eigenvalue weighted by Gasteiger charge is -2.21. The lowest BCUT2D eigenvalue weighted by Crippen LogP contribution is -2.28. The van der Waals surface area contributed by atoms with Crippen molar-refractivity contribution in [2.24, 2.45) is 0 Å². The molecule has 3 rings (SSSR count). The summed E-state index contributed by atoms with van der Waals surface area (Å²) in [7, 11) is 2.15. The fraction of sp³-hybridized carbons (Fsp3) is 0.500.